The van der Waals surface area contributed by atoms with Gasteiger partial charge in [0.2, 0.25) is 11.8 Å². The quantitative estimate of drug-likeness (QED) is 0.208. The van der Waals surface area contributed by atoms with Crippen molar-refractivity contribution in [2.24, 2.45) is 11.7 Å². The lowest BCUT2D eigenvalue weighted by molar-refractivity contribution is -0.141. The van der Waals surface area contributed by atoms with E-state index in [0.29, 0.717) is 39.2 Å². The molecule has 12 heteroatoms. The Kier molecular flexibility index (Phi) is 12.3. The second-order valence-corrected chi connectivity index (χ2v) is 10.5. The largest absolute Gasteiger partial charge is 0.449 e. The van der Waals surface area contributed by atoms with Gasteiger partial charge in [-0.2, -0.15) is 0 Å². The summed E-state index contributed by atoms with van der Waals surface area (Å²) in [5, 5.41) is 15.8. The molecule has 2 aliphatic rings. The van der Waals surface area contributed by atoms with Crippen LogP contribution < -0.4 is 16.4 Å². The average molecular weight is 600 g/mol. The zero-order valence-corrected chi connectivity index (χ0v) is 24.4. The molecular formula is C31H41N3O9. The first-order chi connectivity index (χ1) is 20.9. The van der Waals surface area contributed by atoms with Gasteiger partial charge in [0.15, 0.2) is 0 Å². The Morgan fingerprint density at radius 3 is 2.12 bits per heavy atom. The van der Waals surface area contributed by atoms with Gasteiger partial charge < -0.3 is 45.2 Å². The summed E-state index contributed by atoms with van der Waals surface area (Å²) in [6.07, 6.45) is -1.14. The summed E-state index contributed by atoms with van der Waals surface area (Å²) in [5.74, 6) is -1.95. The lowest BCUT2D eigenvalue weighted by atomic mass is 9.80. The van der Waals surface area contributed by atoms with E-state index in [-0.39, 0.29) is 32.3 Å². The van der Waals surface area contributed by atoms with Crippen LogP contribution in [0.3, 0.4) is 0 Å². The Morgan fingerprint density at radius 2 is 1.49 bits per heavy atom. The van der Waals surface area contributed by atoms with Crippen LogP contribution in [0.2, 0.25) is 0 Å². The lowest BCUT2D eigenvalue weighted by Crippen LogP contribution is -2.57. The number of fused-ring (bicyclic) bond motifs is 3. The molecule has 0 aliphatic heterocycles. The van der Waals surface area contributed by atoms with E-state index in [0.717, 1.165) is 11.1 Å². The summed E-state index contributed by atoms with van der Waals surface area (Å²) in [7, 11) is 1.46. The number of carbonyl (C=O) groups is 3. The van der Waals surface area contributed by atoms with E-state index < -0.39 is 42.1 Å². The number of alkyl carbamates (subject to hydrolysis) is 1. The van der Waals surface area contributed by atoms with Crippen molar-refractivity contribution >= 4 is 17.9 Å². The molecule has 0 saturated heterocycles. The Balaban J connectivity index is 0.992. The van der Waals surface area contributed by atoms with Gasteiger partial charge in [0, 0.05) is 19.6 Å². The minimum atomic E-state index is -1.13. The molecule has 12 nitrogen and oxygen atoms in total. The highest BCUT2D eigenvalue weighted by molar-refractivity contribution is 5.80. The van der Waals surface area contributed by atoms with Crippen LogP contribution in [0.15, 0.2) is 48.5 Å². The molecule has 0 radical (unpaired) electrons. The number of rotatable bonds is 16. The third-order valence-corrected chi connectivity index (χ3v) is 7.76. The summed E-state index contributed by atoms with van der Waals surface area (Å²) in [6, 6.07) is 15.7. The Bertz CT molecular complexity index is 1180. The van der Waals surface area contributed by atoms with Gasteiger partial charge in [0.1, 0.15) is 13.2 Å². The number of methoxy groups -OCH3 is 1. The van der Waals surface area contributed by atoms with Crippen molar-refractivity contribution in [1.29, 1.82) is 0 Å². The third-order valence-electron chi connectivity index (χ3n) is 7.76. The van der Waals surface area contributed by atoms with Crippen LogP contribution in [-0.2, 0) is 33.3 Å². The predicted octanol–water partition coefficient (Wildman–Crippen LogP) is 1.33. The number of aliphatic hydroxyl groups excluding tert-OH is 1. The Morgan fingerprint density at radius 1 is 0.884 bits per heavy atom. The van der Waals surface area contributed by atoms with E-state index in [4.69, 9.17) is 29.4 Å². The first kappa shape index (κ1) is 32.4. The molecule has 2 aromatic carbocycles. The van der Waals surface area contributed by atoms with Crippen LogP contribution in [0, 0.1) is 5.92 Å². The van der Waals surface area contributed by atoms with Crippen LogP contribution in [0.1, 0.15) is 29.9 Å². The topological polar surface area (TPSA) is 168 Å². The summed E-state index contributed by atoms with van der Waals surface area (Å²) in [5.41, 5.74) is 10.1. The van der Waals surface area contributed by atoms with Gasteiger partial charge in [-0.05, 0) is 35.1 Å². The van der Waals surface area contributed by atoms with Crippen molar-refractivity contribution in [2.75, 3.05) is 59.9 Å². The number of hydrogen-bond acceptors (Lipinski definition) is 9. The number of amides is 3. The normalized spacial score (nSPS) is 21.1. The lowest BCUT2D eigenvalue weighted by Gasteiger charge is -2.38. The molecule has 4 atom stereocenters. The van der Waals surface area contributed by atoms with Crippen molar-refractivity contribution in [3.05, 3.63) is 59.7 Å². The molecular weight excluding hydrogens is 558 g/mol. The molecule has 0 spiro atoms. The van der Waals surface area contributed by atoms with Gasteiger partial charge in [-0.15, -0.1) is 0 Å². The fourth-order valence-corrected chi connectivity index (χ4v) is 5.67. The highest BCUT2D eigenvalue weighted by atomic mass is 16.6. The van der Waals surface area contributed by atoms with Crippen molar-refractivity contribution in [2.45, 2.75) is 37.0 Å². The van der Waals surface area contributed by atoms with E-state index in [9.17, 15) is 19.5 Å². The molecule has 234 valence electrons. The average Bonchev–Trinajstić information content (AvgIpc) is 3.33. The number of ether oxygens (including phenoxy) is 5. The number of aliphatic hydroxyl groups is 1. The maximum atomic E-state index is 12.2. The summed E-state index contributed by atoms with van der Waals surface area (Å²) in [6.45, 7) is 1.76. The molecule has 4 rings (SSSR count). The molecule has 3 amide bonds. The van der Waals surface area contributed by atoms with E-state index in [2.05, 4.69) is 34.9 Å². The molecule has 0 aromatic heterocycles. The van der Waals surface area contributed by atoms with Gasteiger partial charge >= 0.3 is 6.09 Å². The highest BCUT2D eigenvalue weighted by Gasteiger charge is 2.42. The highest BCUT2D eigenvalue weighted by Crippen LogP contribution is 2.44. The van der Waals surface area contributed by atoms with Crippen LogP contribution in [0.25, 0.3) is 11.1 Å². The number of nitrogens with one attached hydrogen (secondary N) is 2. The molecule has 1 saturated carbocycles. The van der Waals surface area contributed by atoms with Crippen LogP contribution >= 0.6 is 0 Å². The van der Waals surface area contributed by atoms with Gasteiger partial charge in [-0.1, -0.05) is 48.5 Å². The van der Waals surface area contributed by atoms with Crippen molar-refractivity contribution in [3.63, 3.8) is 0 Å². The van der Waals surface area contributed by atoms with Crippen molar-refractivity contribution in [3.8, 4) is 11.1 Å². The molecule has 2 aliphatic carbocycles. The molecule has 1 fully saturated rings. The van der Waals surface area contributed by atoms with E-state index >= 15 is 0 Å². The predicted molar refractivity (Wildman–Crippen MR) is 156 cm³/mol. The molecule has 0 heterocycles. The molecule has 43 heavy (non-hydrogen) atoms. The molecule has 4 unspecified atom stereocenters. The number of carbonyl (C=O) groups excluding carboxylic acids is 3. The zero-order chi connectivity index (χ0) is 30.6. The SMILES string of the molecule is COC1CCC(NC(=O)COCCOCCOCCNC(=O)OCC2c3ccccc3-c3ccccc32)C(O)C1C(N)=O. The fourth-order valence-electron chi connectivity index (χ4n) is 5.67. The van der Waals surface area contributed by atoms with Crippen molar-refractivity contribution in [1.82, 2.24) is 10.6 Å². The zero-order valence-electron chi connectivity index (χ0n) is 24.4. The van der Waals surface area contributed by atoms with Gasteiger partial charge in [-0.25, -0.2) is 4.79 Å². The summed E-state index contributed by atoms with van der Waals surface area (Å²) in [4.78, 5) is 36.1. The van der Waals surface area contributed by atoms with Gasteiger partial charge in [0.25, 0.3) is 0 Å². The van der Waals surface area contributed by atoms with E-state index in [1.54, 1.807) is 0 Å². The van der Waals surface area contributed by atoms with Crippen molar-refractivity contribution < 1.29 is 43.2 Å². The minimum absolute atomic E-state index is 0.00921. The second-order valence-electron chi connectivity index (χ2n) is 10.5. The second kappa shape index (κ2) is 16.3. The third kappa shape index (κ3) is 8.74. The maximum Gasteiger partial charge on any atom is 0.407 e. The summed E-state index contributed by atoms with van der Waals surface area (Å²) < 4.78 is 27.0. The number of hydrogen-bond donors (Lipinski definition) is 4. The van der Waals surface area contributed by atoms with Gasteiger partial charge in [-0.3, -0.25) is 9.59 Å². The van der Waals surface area contributed by atoms with Crippen LogP contribution in [0.5, 0.6) is 0 Å². The monoisotopic (exact) mass is 599 g/mol. The standard InChI is InChI=1S/C31H41N3O9/c1-39-26-11-10-25(29(36)28(26)30(32)37)34-27(35)19-42-17-16-41-15-14-40-13-12-33-31(38)43-18-24-22-8-4-2-6-20(22)21-7-3-5-9-23(21)24/h2-9,24-26,28-29,36H,10-19H2,1H3,(H2,32,37)(H,33,38)(H,34,35). The maximum absolute atomic E-state index is 12.2. The van der Waals surface area contributed by atoms with Gasteiger partial charge in [0.05, 0.1) is 57.2 Å². The van der Waals surface area contributed by atoms with E-state index in [1.165, 1.54) is 18.2 Å². The Labute approximate surface area is 251 Å². The van der Waals surface area contributed by atoms with Crippen LogP contribution in [-0.4, -0.2) is 101 Å². The summed E-state index contributed by atoms with van der Waals surface area (Å²) >= 11 is 0. The van der Waals surface area contributed by atoms with E-state index in [1.807, 2.05) is 24.3 Å². The first-order valence-electron chi connectivity index (χ1n) is 14.5. The number of primary amides is 1. The molecule has 0 bridgehead atoms. The fraction of sp³-hybridized carbons (Fsp3) is 0.516. The number of nitrogens with two attached hydrogens (primary N) is 1. The number of benzene rings is 2. The molecule has 2 aromatic rings. The minimum Gasteiger partial charge on any atom is -0.449 e. The van der Waals surface area contributed by atoms with Crippen LogP contribution in [0.4, 0.5) is 4.79 Å². The first-order valence-corrected chi connectivity index (χ1v) is 14.5. The smallest absolute Gasteiger partial charge is 0.407 e. The Hall–Kier alpha value is -3.55. The molecule has 5 N–H and O–H groups in total.